The summed E-state index contributed by atoms with van der Waals surface area (Å²) in [6, 6.07) is 8.25. The SMILES string of the molecule is CC(C)NC(N)=NCc1ccc(-n2cncn2)cc1. The van der Waals surface area contributed by atoms with E-state index in [-0.39, 0.29) is 0 Å². The molecule has 2 aromatic rings. The van der Waals surface area contributed by atoms with Gasteiger partial charge in [0.1, 0.15) is 12.7 Å². The molecule has 0 aliphatic rings. The summed E-state index contributed by atoms with van der Waals surface area (Å²) in [6.07, 6.45) is 3.17. The van der Waals surface area contributed by atoms with Gasteiger partial charge in [0.25, 0.3) is 0 Å². The van der Waals surface area contributed by atoms with Crippen molar-refractivity contribution >= 4 is 5.96 Å². The van der Waals surface area contributed by atoms with E-state index in [0.717, 1.165) is 11.3 Å². The molecule has 1 aromatic heterocycles. The molecule has 0 bridgehead atoms. The zero-order valence-corrected chi connectivity index (χ0v) is 11.1. The third-order valence-electron chi connectivity index (χ3n) is 2.49. The smallest absolute Gasteiger partial charge is 0.189 e. The molecule has 1 aromatic carbocycles. The fourth-order valence-electron chi connectivity index (χ4n) is 1.61. The fourth-order valence-corrected chi connectivity index (χ4v) is 1.61. The van der Waals surface area contributed by atoms with E-state index in [2.05, 4.69) is 20.4 Å². The van der Waals surface area contributed by atoms with Gasteiger partial charge < -0.3 is 11.1 Å². The summed E-state index contributed by atoms with van der Waals surface area (Å²) in [5.74, 6) is 0.468. The van der Waals surface area contributed by atoms with E-state index < -0.39 is 0 Å². The number of aromatic nitrogens is 3. The summed E-state index contributed by atoms with van der Waals surface area (Å²) in [4.78, 5) is 8.19. The van der Waals surface area contributed by atoms with Gasteiger partial charge in [-0.05, 0) is 31.5 Å². The molecule has 2 rings (SSSR count). The van der Waals surface area contributed by atoms with Crippen LogP contribution in [0.5, 0.6) is 0 Å². The van der Waals surface area contributed by atoms with Gasteiger partial charge in [0.05, 0.1) is 12.2 Å². The number of guanidine groups is 1. The third kappa shape index (κ3) is 3.80. The first-order chi connectivity index (χ1) is 9.15. The second kappa shape index (κ2) is 5.99. The van der Waals surface area contributed by atoms with Crippen LogP contribution in [0.25, 0.3) is 5.69 Å². The summed E-state index contributed by atoms with van der Waals surface area (Å²) < 4.78 is 1.71. The first-order valence-corrected chi connectivity index (χ1v) is 6.15. The molecule has 0 atom stereocenters. The Labute approximate surface area is 112 Å². The zero-order valence-electron chi connectivity index (χ0n) is 11.1. The van der Waals surface area contributed by atoms with E-state index in [1.807, 2.05) is 38.1 Å². The molecule has 0 amide bonds. The second-order valence-electron chi connectivity index (χ2n) is 4.51. The van der Waals surface area contributed by atoms with E-state index >= 15 is 0 Å². The molecule has 1 heterocycles. The molecule has 0 unspecified atom stereocenters. The highest BCUT2D eigenvalue weighted by atomic mass is 15.3. The van der Waals surface area contributed by atoms with Gasteiger partial charge in [-0.25, -0.2) is 14.7 Å². The number of hydrogen-bond donors (Lipinski definition) is 2. The number of aliphatic imine (C=N–C) groups is 1. The van der Waals surface area contributed by atoms with Crippen molar-refractivity contribution < 1.29 is 0 Å². The van der Waals surface area contributed by atoms with Crippen LogP contribution in [0.1, 0.15) is 19.4 Å². The van der Waals surface area contributed by atoms with Crippen molar-refractivity contribution in [2.24, 2.45) is 10.7 Å². The molecule has 0 spiro atoms. The monoisotopic (exact) mass is 258 g/mol. The quantitative estimate of drug-likeness (QED) is 0.635. The first kappa shape index (κ1) is 13.1. The van der Waals surface area contributed by atoms with E-state index in [0.29, 0.717) is 18.5 Å². The molecule has 19 heavy (non-hydrogen) atoms. The molecule has 0 aliphatic heterocycles. The molecule has 0 saturated heterocycles. The van der Waals surface area contributed by atoms with Crippen molar-refractivity contribution in [3.8, 4) is 5.69 Å². The number of rotatable bonds is 4. The zero-order chi connectivity index (χ0) is 13.7. The summed E-state index contributed by atoms with van der Waals surface area (Å²) >= 11 is 0. The topological polar surface area (TPSA) is 81.1 Å². The molecule has 6 nitrogen and oxygen atoms in total. The summed E-state index contributed by atoms with van der Waals surface area (Å²) in [6.45, 7) is 4.60. The molecule has 6 heteroatoms. The Kier molecular flexibility index (Phi) is 4.12. The maximum Gasteiger partial charge on any atom is 0.189 e. The lowest BCUT2D eigenvalue weighted by molar-refractivity contribution is 0.723. The van der Waals surface area contributed by atoms with Gasteiger partial charge in [-0.1, -0.05) is 12.1 Å². The molecule has 0 aliphatic carbocycles. The van der Waals surface area contributed by atoms with Gasteiger partial charge in [-0.3, -0.25) is 0 Å². The number of nitrogens with zero attached hydrogens (tertiary/aromatic N) is 4. The lowest BCUT2D eigenvalue weighted by Gasteiger charge is -2.08. The molecule has 0 radical (unpaired) electrons. The Hall–Kier alpha value is -2.37. The summed E-state index contributed by atoms with van der Waals surface area (Å²) in [5.41, 5.74) is 7.81. The Bertz CT molecular complexity index is 527. The first-order valence-electron chi connectivity index (χ1n) is 6.15. The Morgan fingerprint density at radius 3 is 2.68 bits per heavy atom. The van der Waals surface area contributed by atoms with Crippen LogP contribution in [0.3, 0.4) is 0 Å². The largest absolute Gasteiger partial charge is 0.370 e. The van der Waals surface area contributed by atoms with Crippen LogP contribution in [0.4, 0.5) is 0 Å². The molecular weight excluding hydrogens is 240 g/mol. The van der Waals surface area contributed by atoms with E-state index in [9.17, 15) is 0 Å². The molecule has 3 N–H and O–H groups in total. The lowest BCUT2D eigenvalue weighted by atomic mass is 10.2. The number of nitrogens with two attached hydrogens (primary N) is 1. The van der Waals surface area contributed by atoms with Crippen molar-refractivity contribution in [1.29, 1.82) is 0 Å². The number of nitrogens with one attached hydrogen (secondary N) is 1. The van der Waals surface area contributed by atoms with Crippen molar-refractivity contribution in [2.75, 3.05) is 0 Å². The Morgan fingerprint density at radius 2 is 2.11 bits per heavy atom. The van der Waals surface area contributed by atoms with Gasteiger partial charge in [0.15, 0.2) is 5.96 Å². The van der Waals surface area contributed by atoms with E-state index in [1.54, 1.807) is 11.0 Å². The average Bonchev–Trinajstić information content (AvgIpc) is 2.90. The molecule has 0 fully saturated rings. The minimum absolute atomic E-state index is 0.290. The Balaban J connectivity index is 1.99. The van der Waals surface area contributed by atoms with Crippen LogP contribution in [0.15, 0.2) is 41.9 Å². The lowest BCUT2D eigenvalue weighted by Crippen LogP contribution is -2.36. The average molecular weight is 258 g/mol. The van der Waals surface area contributed by atoms with Gasteiger partial charge in [-0.2, -0.15) is 5.10 Å². The minimum atomic E-state index is 0.290. The number of hydrogen-bond acceptors (Lipinski definition) is 3. The van der Waals surface area contributed by atoms with Crippen LogP contribution in [0.2, 0.25) is 0 Å². The van der Waals surface area contributed by atoms with E-state index in [1.165, 1.54) is 6.33 Å². The normalized spacial score (nSPS) is 11.8. The van der Waals surface area contributed by atoms with Gasteiger partial charge in [0, 0.05) is 6.04 Å². The van der Waals surface area contributed by atoms with Gasteiger partial charge in [-0.15, -0.1) is 0 Å². The maximum atomic E-state index is 5.75. The molecule has 0 saturated carbocycles. The van der Waals surface area contributed by atoms with Crippen LogP contribution in [-0.4, -0.2) is 26.8 Å². The molecular formula is C13H18N6. The second-order valence-corrected chi connectivity index (χ2v) is 4.51. The highest BCUT2D eigenvalue weighted by Gasteiger charge is 1.98. The van der Waals surface area contributed by atoms with Crippen molar-refractivity contribution in [2.45, 2.75) is 26.4 Å². The standard InChI is InChI=1S/C13H18N6/c1-10(2)18-13(14)16-7-11-3-5-12(6-4-11)19-9-15-8-17-19/h3-6,8-10H,7H2,1-2H3,(H3,14,16,18). The summed E-state index contributed by atoms with van der Waals surface area (Å²) in [7, 11) is 0. The molecule has 100 valence electrons. The predicted octanol–water partition coefficient (Wildman–Crippen LogP) is 1.08. The van der Waals surface area contributed by atoms with E-state index in [4.69, 9.17) is 5.73 Å². The highest BCUT2D eigenvalue weighted by molar-refractivity contribution is 5.78. The highest BCUT2D eigenvalue weighted by Crippen LogP contribution is 2.08. The van der Waals surface area contributed by atoms with Crippen LogP contribution in [-0.2, 0) is 6.54 Å². The third-order valence-corrected chi connectivity index (χ3v) is 2.49. The number of benzene rings is 1. The van der Waals surface area contributed by atoms with Gasteiger partial charge in [0.2, 0.25) is 0 Å². The van der Waals surface area contributed by atoms with Crippen molar-refractivity contribution in [1.82, 2.24) is 20.1 Å². The van der Waals surface area contributed by atoms with Crippen molar-refractivity contribution in [3.05, 3.63) is 42.5 Å². The van der Waals surface area contributed by atoms with Crippen LogP contribution in [0, 0.1) is 0 Å². The van der Waals surface area contributed by atoms with Crippen LogP contribution >= 0.6 is 0 Å². The predicted molar refractivity (Wildman–Crippen MR) is 75.0 cm³/mol. The fraction of sp³-hybridized carbons (Fsp3) is 0.308. The van der Waals surface area contributed by atoms with Gasteiger partial charge >= 0.3 is 0 Å². The Morgan fingerprint density at radius 1 is 1.37 bits per heavy atom. The summed E-state index contributed by atoms with van der Waals surface area (Å²) in [5, 5.41) is 7.12. The van der Waals surface area contributed by atoms with Crippen LogP contribution < -0.4 is 11.1 Å². The maximum absolute atomic E-state index is 5.75. The minimum Gasteiger partial charge on any atom is -0.370 e. The van der Waals surface area contributed by atoms with Crippen molar-refractivity contribution in [3.63, 3.8) is 0 Å².